The van der Waals surface area contributed by atoms with Crippen LogP contribution in [0.1, 0.15) is 12.8 Å². The number of sulfonamides is 1. The molecule has 0 aromatic heterocycles. The lowest BCUT2D eigenvalue weighted by atomic mass is 10.2. The Hall–Kier alpha value is -2.46. The van der Waals surface area contributed by atoms with E-state index in [1.165, 1.54) is 34.5 Å². The highest BCUT2D eigenvalue weighted by atomic mass is 32.2. The molecule has 2 aliphatic rings. The number of amides is 3. The van der Waals surface area contributed by atoms with E-state index in [1.54, 1.807) is 0 Å². The molecule has 0 bridgehead atoms. The van der Waals surface area contributed by atoms with Gasteiger partial charge in [-0.15, -0.1) is 0 Å². The molecule has 140 valence electrons. The van der Waals surface area contributed by atoms with E-state index in [1.807, 2.05) is 0 Å². The van der Waals surface area contributed by atoms with Gasteiger partial charge < -0.3 is 9.64 Å². The Morgan fingerprint density at radius 1 is 1.04 bits per heavy atom. The summed E-state index contributed by atoms with van der Waals surface area (Å²) in [5.41, 5.74) is 0.211. The molecule has 10 heteroatoms. The lowest BCUT2D eigenvalue weighted by molar-refractivity contribution is -0.121. The van der Waals surface area contributed by atoms with Crippen molar-refractivity contribution < 1.29 is 27.5 Å². The number of imide groups is 1. The zero-order chi connectivity index (χ0) is 18.9. The maximum absolute atomic E-state index is 13.0. The van der Waals surface area contributed by atoms with E-state index in [4.69, 9.17) is 4.74 Å². The predicted octanol–water partition coefficient (Wildman–Crippen LogP) is -0.189. The fourth-order valence-corrected chi connectivity index (χ4v) is 4.66. The first-order valence-electron chi connectivity index (χ1n) is 8.12. The average Bonchev–Trinajstić information content (AvgIpc) is 2.99. The first-order valence-corrected chi connectivity index (χ1v) is 9.56. The monoisotopic (exact) mass is 381 g/mol. The van der Waals surface area contributed by atoms with E-state index < -0.39 is 10.0 Å². The number of hydrogen-bond donors (Lipinski definition) is 0. The molecule has 1 aromatic rings. The smallest absolute Gasteiger partial charge is 0.246 e. The van der Waals surface area contributed by atoms with Crippen LogP contribution >= 0.6 is 0 Å². The van der Waals surface area contributed by atoms with Crippen LogP contribution in [0.5, 0.6) is 5.75 Å². The van der Waals surface area contributed by atoms with Crippen molar-refractivity contribution in [3.63, 3.8) is 0 Å². The fraction of sp³-hybridized carbons (Fsp3) is 0.438. The summed E-state index contributed by atoms with van der Waals surface area (Å²) < 4.78 is 32.5. The molecule has 3 amide bonds. The summed E-state index contributed by atoms with van der Waals surface area (Å²) in [6.07, 6.45) is 0.914. The molecule has 26 heavy (non-hydrogen) atoms. The van der Waals surface area contributed by atoms with E-state index >= 15 is 0 Å². The summed E-state index contributed by atoms with van der Waals surface area (Å²) in [5, 5.41) is 0. The van der Waals surface area contributed by atoms with Crippen LogP contribution < -0.4 is 9.64 Å². The van der Waals surface area contributed by atoms with Crippen molar-refractivity contribution in [3.05, 3.63) is 18.2 Å². The summed E-state index contributed by atoms with van der Waals surface area (Å²) in [5.74, 6) is -0.586. The van der Waals surface area contributed by atoms with E-state index in [0.29, 0.717) is 19.5 Å². The van der Waals surface area contributed by atoms with Crippen molar-refractivity contribution in [3.8, 4) is 5.75 Å². The van der Waals surface area contributed by atoms with Crippen LogP contribution in [0.3, 0.4) is 0 Å². The maximum atomic E-state index is 13.0. The van der Waals surface area contributed by atoms with Crippen LogP contribution in [0.25, 0.3) is 0 Å². The van der Waals surface area contributed by atoms with Crippen LogP contribution in [0.4, 0.5) is 5.69 Å². The first-order chi connectivity index (χ1) is 12.4. The molecule has 0 radical (unpaired) electrons. The minimum atomic E-state index is -3.91. The fourth-order valence-electron chi connectivity index (χ4n) is 3.06. The Bertz CT molecular complexity index is 830. The van der Waals surface area contributed by atoms with Gasteiger partial charge in [0.2, 0.25) is 28.2 Å². The summed E-state index contributed by atoms with van der Waals surface area (Å²) in [4.78, 5) is 37.1. The van der Waals surface area contributed by atoms with Crippen molar-refractivity contribution >= 4 is 33.9 Å². The van der Waals surface area contributed by atoms with Gasteiger partial charge in [-0.3, -0.25) is 19.3 Å². The third-order valence-electron chi connectivity index (χ3n) is 4.50. The summed E-state index contributed by atoms with van der Waals surface area (Å²) in [7, 11) is -2.56. The highest BCUT2D eigenvalue weighted by Gasteiger charge is 2.34. The minimum absolute atomic E-state index is 0.107. The highest BCUT2D eigenvalue weighted by Crippen LogP contribution is 2.33. The number of carbonyl (C=O) groups is 3. The van der Waals surface area contributed by atoms with Crippen LogP contribution in [0.2, 0.25) is 0 Å². The Morgan fingerprint density at radius 2 is 1.65 bits per heavy atom. The van der Waals surface area contributed by atoms with Gasteiger partial charge in [-0.05, 0) is 18.2 Å². The molecular weight excluding hydrogens is 362 g/mol. The number of benzene rings is 1. The number of ether oxygens (including phenoxy) is 1. The number of hydrogen-bond acceptors (Lipinski definition) is 6. The summed E-state index contributed by atoms with van der Waals surface area (Å²) in [6.45, 7) is 0.924. The van der Waals surface area contributed by atoms with Gasteiger partial charge in [-0.1, -0.05) is 0 Å². The van der Waals surface area contributed by atoms with Crippen molar-refractivity contribution in [1.82, 2.24) is 9.21 Å². The largest absolute Gasteiger partial charge is 0.495 e. The Kier molecular flexibility index (Phi) is 4.97. The third-order valence-corrected chi connectivity index (χ3v) is 6.42. The van der Waals surface area contributed by atoms with Gasteiger partial charge in [-0.25, -0.2) is 8.42 Å². The zero-order valence-corrected chi connectivity index (χ0v) is 15.1. The molecule has 3 rings (SSSR count). The van der Waals surface area contributed by atoms with Crippen molar-refractivity contribution in [2.24, 2.45) is 0 Å². The van der Waals surface area contributed by atoms with Crippen LogP contribution in [-0.4, -0.2) is 69.1 Å². The topological polar surface area (TPSA) is 104 Å². The van der Waals surface area contributed by atoms with Crippen molar-refractivity contribution in [2.75, 3.05) is 38.2 Å². The van der Waals surface area contributed by atoms with E-state index in [9.17, 15) is 22.8 Å². The van der Waals surface area contributed by atoms with E-state index in [2.05, 4.69) is 0 Å². The van der Waals surface area contributed by atoms with Gasteiger partial charge in [0.05, 0.1) is 12.8 Å². The molecule has 0 spiro atoms. The number of carbonyl (C=O) groups excluding carboxylic acids is 3. The molecule has 0 saturated carbocycles. The standard InChI is InChI=1S/C16H19N3O6S/c1-25-13-3-2-12(19-15(21)4-5-16(19)22)10-14(13)26(23,24)18-8-6-17(11-20)7-9-18/h2-3,10-11H,4-9H2,1H3. The second-order valence-corrected chi connectivity index (χ2v) is 7.91. The Balaban J connectivity index is 1.97. The third kappa shape index (κ3) is 3.17. The average molecular weight is 381 g/mol. The van der Waals surface area contributed by atoms with Gasteiger partial charge in [-0.2, -0.15) is 4.31 Å². The number of piperazine rings is 1. The minimum Gasteiger partial charge on any atom is -0.495 e. The molecular formula is C16H19N3O6S. The number of methoxy groups -OCH3 is 1. The van der Waals surface area contributed by atoms with E-state index in [0.717, 1.165) is 4.90 Å². The molecule has 2 fully saturated rings. The summed E-state index contributed by atoms with van der Waals surface area (Å²) in [6, 6.07) is 4.22. The molecule has 0 unspecified atom stereocenters. The van der Waals surface area contributed by atoms with Crippen LogP contribution in [0.15, 0.2) is 23.1 Å². The zero-order valence-electron chi connectivity index (χ0n) is 14.3. The highest BCUT2D eigenvalue weighted by molar-refractivity contribution is 7.89. The molecule has 2 heterocycles. The van der Waals surface area contributed by atoms with Crippen molar-refractivity contribution in [2.45, 2.75) is 17.7 Å². The number of nitrogens with zero attached hydrogens (tertiary/aromatic N) is 3. The Morgan fingerprint density at radius 3 is 2.19 bits per heavy atom. The van der Waals surface area contributed by atoms with Gasteiger partial charge in [0.15, 0.2) is 0 Å². The van der Waals surface area contributed by atoms with Gasteiger partial charge in [0.25, 0.3) is 0 Å². The lowest BCUT2D eigenvalue weighted by Gasteiger charge is -2.32. The molecule has 0 atom stereocenters. The van der Waals surface area contributed by atoms with Gasteiger partial charge in [0.1, 0.15) is 10.6 Å². The normalized spacial score (nSPS) is 19.1. The molecule has 2 aliphatic heterocycles. The van der Waals surface area contributed by atoms with Gasteiger partial charge >= 0.3 is 0 Å². The van der Waals surface area contributed by atoms with E-state index in [-0.39, 0.29) is 54.1 Å². The molecule has 0 aliphatic carbocycles. The molecule has 2 saturated heterocycles. The molecule has 9 nitrogen and oxygen atoms in total. The number of rotatable bonds is 5. The second-order valence-electron chi connectivity index (χ2n) is 6.00. The SMILES string of the molecule is COc1ccc(N2C(=O)CCC2=O)cc1S(=O)(=O)N1CCN(C=O)CC1. The van der Waals surface area contributed by atoms with Crippen LogP contribution in [-0.2, 0) is 24.4 Å². The summed E-state index contributed by atoms with van der Waals surface area (Å²) >= 11 is 0. The first kappa shape index (κ1) is 18.3. The van der Waals surface area contributed by atoms with Crippen LogP contribution in [0, 0.1) is 0 Å². The predicted molar refractivity (Wildman–Crippen MR) is 91.1 cm³/mol. The van der Waals surface area contributed by atoms with Crippen molar-refractivity contribution in [1.29, 1.82) is 0 Å². The number of anilines is 1. The molecule has 0 N–H and O–H groups in total. The Labute approximate surface area is 151 Å². The quantitative estimate of drug-likeness (QED) is 0.517. The lowest BCUT2D eigenvalue weighted by Crippen LogP contribution is -2.48. The van der Waals surface area contributed by atoms with Gasteiger partial charge in [0, 0.05) is 39.0 Å². The maximum Gasteiger partial charge on any atom is 0.246 e. The second kappa shape index (κ2) is 7.04. The molecule has 1 aromatic carbocycles.